The predicted octanol–water partition coefficient (Wildman–Crippen LogP) is 1.08. The van der Waals surface area contributed by atoms with Crippen molar-refractivity contribution in [1.82, 2.24) is 5.32 Å². The number of rotatable bonds is 10. The minimum atomic E-state index is -2.96. The summed E-state index contributed by atoms with van der Waals surface area (Å²) < 4.78 is 22.0. The van der Waals surface area contributed by atoms with E-state index in [2.05, 4.69) is 5.32 Å². The van der Waals surface area contributed by atoms with Gasteiger partial charge in [0, 0.05) is 19.3 Å². The molecule has 0 aliphatic rings. The molecule has 0 bridgehead atoms. The van der Waals surface area contributed by atoms with E-state index in [1.807, 2.05) is 13.8 Å². The van der Waals surface area contributed by atoms with Crippen LogP contribution in [0.1, 0.15) is 46.0 Å². The van der Waals surface area contributed by atoms with E-state index in [4.69, 9.17) is 5.73 Å². The van der Waals surface area contributed by atoms with E-state index in [-0.39, 0.29) is 11.7 Å². The van der Waals surface area contributed by atoms with Gasteiger partial charge in [0.15, 0.2) is 0 Å². The Morgan fingerprint density at radius 2 is 1.74 bits per heavy atom. The van der Waals surface area contributed by atoms with E-state index >= 15 is 0 Å². The summed E-state index contributed by atoms with van der Waals surface area (Å²) in [6.45, 7) is 4.81. The molecule has 0 aromatic heterocycles. The molecule has 0 saturated carbocycles. The second kappa shape index (κ2) is 8.53. The monoisotopic (exact) mass is 292 g/mol. The van der Waals surface area contributed by atoms with Gasteiger partial charge in [-0.3, -0.25) is 4.79 Å². The third-order valence-electron chi connectivity index (χ3n) is 3.31. The first-order valence-corrected chi connectivity index (χ1v) is 9.03. The Bertz CT molecular complexity index is 360. The average Bonchev–Trinajstić information content (AvgIpc) is 2.32. The summed E-state index contributed by atoms with van der Waals surface area (Å²) >= 11 is 0. The first-order chi connectivity index (χ1) is 8.81. The minimum absolute atomic E-state index is 0.0350. The van der Waals surface area contributed by atoms with Crippen molar-refractivity contribution in [2.24, 2.45) is 11.1 Å². The van der Waals surface area contributed by atoms with Gasteiger partial charge in [0.05, 0.1) is 11.2 Å². The van der Waals surface area contributed by atoms with E-state index in [1.54, 1.807) is 0 Å². The number of carbonyl (C=O) groups is 1. The van der Waals surface area contributed by atoms with Crippen LogP contribution in [0.4, 0.5) is 0 Å². The molecule has 1 amide bonds. The van der Waals surface area contributed by atoms with Crippen molar-refractivity contribution in [2.75, 3.05) is 25.1 Å². The highest BCUT2D eigenvalue weighted by Crippen LogP contribution is 2.28. The zero-order valence-corrected chi connectivity index (χ0v) is 13.2. The van der Waals surface area contributed by atoms with Crippen LogP contribution in [-0.4, -0.2) is 39.4 Å². The Morgan fingerprint density at radius 1 is 1.21 bits per heavy atom. The number of sulfone groups is 1. The Kier molecular flexibility index (Phi) is 8.25. The number of hydrogen-bond donors (Lipinski definition) is 2. The molecule has 0 spiro atoms. The molecule has 0 unspecified atom stereocenters. The van der Waals surface area contributed by atoms with Gasteiger partial charge in [0.1, 0.15) is 9.84 Å². The van der Waals surface area contributed by atoms with Gasteiger partial charge < -0.3 is 11.1 Å². The molecule has 0 radical (unpaired) electrons. The van der Waals surface area contributed by atoms with Crippen LogP contribution < -0.4 is 11.1 Å². The van der Waals surface area contributed by atoms with Crippen molar-refractivity contribution >= 4 is 15.7 Å². The maximum absolute atomic E-state index is 12.3. The van der Waals surface area contributed by atoms with E-state index in [0.717, 1.165) is 25.7 Å². The molecule has 0 saturated heterocycles. The summed E-state index contributed by atoms with van der Waals surface area (Å²) in [5.41, 5.74) is 5.31. The Morgan fingerprint density at radius 3 is 2.11 bits per heavy atom. The van der Waals surface area contributed by atoms with Crippen LogP contribution in [-0.2, 0) is 14.6 Å². The third-order valence-corrected chi connectivity index (χ3v) is 4.34. The van der Waals surface area contributed by atoms with Gasteiger partial charge >= 0.3 is 0 Å². The molecule has 0 aromatic carbocycles. The molecular weight excluding hydrogens is 264 g/mol. The van der Waals surface area contributed by atoms with E-state index < -0.39 is 15.3 Å². The van der Waals surface area contributed by atoms with Crippen LogP contribution >= 0.6 is 0 Å². The van der Waals surface area contributed by atoms with E-state index in [9.17, 15) is 13.2 Å². The fraction of sp³-hybridized carbons (Fsp3) is 0.923. The number of amides is 1. The summed E-state index contributed by atoms with van der Waals surface area (Å²) in [5, 5.41) is 2.83. The van der Waals surface area contributed by atoms with Gasteiger partial charge in [-0.15, -0.1) is 0 Å². The quantitative estimate of drug-likeness (QED) is 0.590. The summed E-state index contributed by atoms with van der Waals surface area (Å²) in [7, 11) is -2.96. The van der Waals surface area contributed by atoms with Crippen LogP contribution in [0, 0.1) is 5.41 Å². The van der Waals surface area contributed by atoms with Crippen molar-refractivity contribution in [2.45, 2.75) is 46.0 Å². The fourth-order valence-electron chi connectivity index (χ4n) is 2.33. The van der Waals surface area contributed by atoms with Crippen molar-refractivity contribution in [1.29, 1.82) is 0 Å². The zero-order chi connectivity index (χ0) is 14.9. The molecular formula is C13H28N2O3S. The lowest BCUT2D eigenvalue weighted by atomic mass is 9.78. The molecule has 19 heavy (non-hydrogen) atoms. The van der Waals surface area contributed by atoms with E-state index in [1.165, 1.54) is 6.26 Å². The van der Waals surface area contributed by atoms with Crippen molar-refractivity contribution in [3.05, 3.63) is 0 Å². The standard InChI is InChI=1S/C13H28N2O3S/c1-4-7-13(11-14,8-5-2)12(16)15-9-6-10-19(3,17)18/h4-11,14H2,1-3H3,(H,15,16). The topological polar surface area (TPSA) is 89.3 Å². The molecule has 0 aromatic rings. The minimum Gasteiger partial charge on any atom is -0.356 e. The first kappa shape index (κ1) is 18.4. The number of nitrogens with one attached hydrogen (secondary N) is 1. The van der Waals surface area contributed by atoms with Gasteiger partial charge in [-0.1, -0.05) is 26.7 Å². The van der Waals surface area contributed by atoms with Gasteiger partial charge in [-0.05, 0) is 19.3 Å². The predicted molar refractivity (Wildman–Crippen MR) is 78.6 cm³/mol. The average molecular weight is 292 g/mol. The lowest BCUT2D eigenvalue weighted by Crippen LogP contribution is -2.46. The first-order valence-electron chi connectivity index (χ1n) is 6.97. The normalized spacial score (nSPS) is 12.4. The summed E-state index contributed by atoms with van der Waals surface area (Å²) in [6, 6.07) is 0. The fourth-order valence-corrected chi connectivity index (χ4v) is 3.00. The summed E-state index contributed by atoms with van der Waals surface area (Å²) in [5.74, 6) is 0.0666. The third kappa shape index (κ3) is 6.92. The summed E-state index contributed by atoms with van der Waals surface area (Å²) in [6.07, 6.45) is 5.02. The van der Waals surface area contributed by atoms with Gasteiger partial charge in [0.2, 0.25) is 5.91 Å². The molecule has 0 heterocycles. The second-order valence-corrected chi connectivity index (χ2v) is 7.48. The molecule has 0 fully saturated rings. The highest BCUT2D eigenvalue weighted by Gasteiger charge is 2.34. The van der Waals surface area contributed by atoms with Gasteiger partial charge in [-0.2, -0.15) is 0 Å². The molecule has 0 aliphatic heterocycles. The zero-order valence-electron chi connectivity index (χ0n) is 12.4. The van der Waals surface area contributed by atoms with Crippen LogP contribution in [0.5, 0.6) is 0 Å². The molecule has 0 rings (SSSR count). The highest BCUT2D eigenvalue weighted by molar-refractivity contribution is 7.90. The lowest BCUT2D eigenvalue weighted by molar-refractivity contribution is -0.131. The van der Waals surface area contributed by atoms with Crippen molar-refractivity contribution < 1.29 is 13.2 Å². The SMILES string of the molecule is CCCC(CN)(CCC)C(=O)NCCCS(C)(=O)=O. The van der Waals surface area contributed by atoms with Gasteiger partial charge in [0.25, 0.3) is 0 Å². The Balaban J connectivity index is 4.40. The molecule has 3 N–H and O–H groups in total. The smallest absolute Gasteiger partial charge is 0.227 e. The number of hydrogen-bond acceptors (Lipinski definition) is 4. The van der Waals surface area contributed by atoms with Crippen LogP contribution in [0.2, 0.25) is 0 Å². The maximum Gasteiger partial charge on any atom is 0.227 e. The van der Waals surface area contributed by atoms with E-state index in [0.29, 0.717) is 19.5 Å². The largest absolute Gasteiger partial charge is 0.356 e. The number of carbonyl (C=O) groups excluding carboxylic acids is 1. The van der Waals surface area contributed by atoms with Crippen molar-refractivity contribution in [3.8, 4) is 0 Å². The Labute approximate surface area is 117 Å². The Hall–Kier alpha value is -0.620. The highest BCUT2D eigenvalue weighted by atomic mass is 32.2. The molecule has 114 valence electrons. The maximum atomic E-state index is 12.3. The van der Waals surface area contributed by atoms with Crippen LogP contribution in [0.3, 0.4) is 0 Å². The molecule has 0 aliphatic carbocycles. The molecule has 5 nitrogen and oxygen atoms in total. The van der Waals surface area contributed by atoms with Crippen molar-refractivity contribution in [3.63, 3.8) is 0 Å². The second-order valence-electron chi connectivity index (χ2n) is 5.22. The molecule has 6 heteroatoms. The van der Waals surface area contributed by atoms with Crippen LogP contribution in [0.25, 0.3) is 0 Å². The molecule has 0 atom stereocenters. The lowest BCUT2D eigenvalue weighted by Gasteiger charge is -2.30. The number of nitrogens with two attached hydrogens (primary N) is 1. The van der Waals surface area contributed by atoms with Crippen LogP contribution in [0.15, 0.2) is 0 Å². The van der Waals surface area contributed by atoms with Gasteiger partial charge in [-0.25, -0.2) is 8.42 Å². The summed E-state index contributed by atoms with van der Waals surface area (Å²) in [4.78, 5) is 12.3.